The molecular weight excluding hydrogens is 248 g/mol. The van der Waals surface area contributed by atoms with E-state index in [9.17, 15) is 0 Å². The zero-order valence-electron chi connectivity index (χ0n) is 10.2. The maximum absolute atomic E-state index is 5.41. The minimum atomic E-state index is 0.146. The van der Waals surface area contributed by atoms with Crippen molar-refractivity contribution in [2.24, 2.45) is 0 Å². The first-order valence-electron chi connectivity index (χ1n) is 5.94. The molecule has 1 aliphatic carbocycles. The van der Waals surface area contributed by atoms with Gasteiger partial charge in [0.1, 0.15) is 4.88 Å². The zero-order chi connectivity index (χ0) is 12.3. The van der Waals surface area contributed by atoms with E-state index in [0.29, 0.717) is 5.89 Å². The fourth-order valence-electron chi connectivity index (χ4n) is 2.07. The second kappa shape index (κ2) is 3.20. The highest BCUT2D eigenvalue weighted by Gasteiger charge is 2.43. The van der Waals surface area contributed by atoms with Gasteiger partial charge in [0.05, 0.1) is 0 Å². The van der Waals surface area contributed by atoms with E-state index >= 15 is 0 Å². The van der Waals surface area contributed by atoms with Crippen LogP contribution < -0.4 is 0 Å². The molecule has 0 saturated heterocycles. The highest BCUT2D eigenvalue weighted by atomic mass is 32.1. The monoisotopic (exact) mass is 260 g/mol. The molecule has 0 bridgehead atoms. The Bertz CT molecular complexity index is 734. The molecule has 0 radical (unpaired) electrons. The van der Waals surface area contributed by atoms with Crippen molar-refractivity contribution in [3.05, 3.63) is 23.9 Å². The summed E-state index contributed by atoms with van der Waals surface area (Å²) >= 11 is 1.58. The van der Waals surface area contributed by atoms with Gasteiger partial charge < -0.3 is 4.52 Å². The minimum absolute atomic E-state index is 0.146. The van der Waals surface area contributed by atoms with E-state index < -0.39 is 0 Å². The second-order valence-electron chi connectivity index (χ2n) is 5.08. The standard InChI is InChI=1S/C12H12N4OS/c1-7-8(18-11-13-5-6-16(7)11)9-14-10(15-17-9)12(2)3-4-12/h5-6H,3-4H2,1-2H3. The lowest BCUT2D eigenvalue weighted by Crippen LogP contribution is -2.01. The molecule has 3 aromatic rings. The molecule has 1 fully saturated rings. The smallest absolute Gasteiger partial charge is 0.269 e. The number of thiazole rings is 1. The first-order valence-corrected chi connectivity index (χ1v) is 6.76. The third-order valence-electron chi connectivity index (χ3n) is 3.65. The normalized spacial score (nSPS) is 17.4. The van der Waals surface area contributed by atoms with Gasteiger partial charge in [-0.2, -0.15) is 4.98 Å². The molecule has 0 atom stereocenters. The largest absolute Gasteiger partial charge is 0.333 e. The van der Waals surface area contributed by atoms with Crippen molar-refractivity contribution in [2.75, 3.05) is 0 Å². The average molecular weight is 260 g/mol. The molecule has 92 valence electrons. The van der Waals surface area contributed by atoms with Crippen LogP contribution in [0.3, 0.4) is 0 Å². The number of hydrogen-bond acceptors (Lipinski definition) is 5. The summed E-state index contributed by atoms with van der Waals surface area (Å²) in [6.45, 7) is 4.22. The molecule has 0 aromatic carbocycles. The van der Waals surface area contributed by atoms with Gasteiger partial charge in [0.2, 0.25) is 0 Å². The molecule has 3 aromatic heterocycles. The Morgan fingerprint density at radius 3 is 3.00 bits per heavy atom. The van der Waals surface area contributed by atoms with Crippen LogP contribution in [0.1, 0.15) is 31.3 Å². The summed E-state index contributed by atoms with van der Waals surface area (Å²) in [5, 5.41) is 4.11. The fourth-order valence-corrected chi connectivity index (χ4v) is 3.07. The van der Waals surface area contributed by atoms with E-state index in [4.69, 9.17) is 4.52 Å². The molecule has 0 spiro atoms. The van der Waals surface area contributed by atoms with Crippen LogP contribution in [0.4, 0.5) is 0 Å². The van der Waals surface area contributed by atoms with Crippen molar-refractivity contribution < 1.29 is 4.52 Å². The Morgan fingerprint density at radius 1 is 1.44 bits per heavy atom. The van der Waals surface area contributed by atoms with Gasteiger partial charge in [0.15, 0.2) is 10.8 Å². The fraction of sp³-hybridized carbons (Fsp3) is 0.417. The first kappa shape index (κ1) is 10.3. The maximum Gasteiger partial charge on any atom is 0.269 e. The molecule has 1 saturated carbocycles. The van der Waals surface area contributed by atoms with Crippen molar-refractivity contribution in [3.8, 4) is 10.8 Å². The number of aromatic nitrogens is 4. The lowest BCUT2D eigenvalue weighted by Gasteiger charge is -1.97. The number of imidazole rings is 1. The lowest BCUT2D eigenvalue weighted by molar-refractivity contribution is 0.416. The van der Waals surface area contributed by atoms with Crippen molar-refractivity contribution in [2.45, 2.75) is 32.1 Å². The summed E-state index contributed by atoms with van der Waals surface area (Å²) in [7, 11) is 0. The topological polar surface area (TPSA) is 56.2 Å². The molecular formula is C12H12N4OS. The molecule has 0 N–H and O–H groups in total. The van der Waals surface area contributed by atoms with E-state index in [-0.39, 0.29) is 5.41 Å². The number of aryl methyl sites for hydroxylation is 1. The third-order valence-corrected chi connectivity index (χ3v) is 4.81. The molecule has 5 nitrogen and oxygen atoms in total. The number of rotatable bonds is 2. The van der Waals surface area contributed by atoms with E-state index in [1.54, 1.807) is 17.5 Å². The minimum Gasteiger partial charge on any atom is -0.333 e. The highest BCUT2D eigenvalue weighted by molar-refractivity contribution is 7.20. The first-order chi connectivity index (χ1) is 8.67. The Kier molecular flexibility index (Phi) is 1.82. The quantitative estimate of drug-likeness (QED) is 0.711. The predicted molar refractivity (Wildman–Crippen MR) is 67.7 cm³/mol. The molecule has 0 aliphatic heterocycles. The van der Waals surface area contributed by atoms with Gasteiger partial charge >= 0.3 is 0 Å². The average Bonchev–Trinajstić information content (AvgIpc) is 2.79. The van der Waals surface area contributed by atoms with Crippen LogP contribution in [-0.4, -0.2) is 19.5 Å². The molecule has 6 heteroatoms. The van der Waals surface area contributed by atoms with Crippen LogP contribution in [0, 0.1) is 6.92 Å². The summed E-state index contributed by atoms with van der Waals surface area (Å²) in [5.41, 5.74) is 1.25. The summed E-state index contributed by atoms with van der Waals surface area (Å²) in [5.74, 6) is 1.45. The van der Waals surface area contributed by atoms with Crippen LogP contribution in [0.2, 0.25) is 0 Å². The van der Waals surface area contributed by atoms with Crippen LogP contribution in [0.25, 0.3) is 15.7 Å². The zero-order valence-corrected chi connectivity index (χ0v) is 11.0. The molecule has 4 rings (SSSR count). The van der Waals surface area contributed by atoms with Crippen LogP contribution in [0.15, 0.2) is 16.9 Å². The van der Waals surface area contributed by atoms with Crippen molar-refractivity contribution in [1.82, 2.24) is 19.5 Å². The van der Waals surface area contributed by atoms with Crippen LogP contribution >= 0.6 is 11.3 Å². The predicted octanol–water partition coefficient (Wildman–Crippen LogP) is 2.81. The SMILES string of the molecule is Cc1c(-c2nc(C3(C)CC3)no2)sc2nccn12. The van der Waals surface area contributed by atoms with Crippen LogP contribution in [0.5, 0.6) is 0 Å². The number of hydrogen-bond donors (Lipinski definition) is 0. The molecule has 3 heterocycles. The number of fused-ring (bicyclic) bond motifs is 1. The van der Waals surface area contributed by atoms with Gasteiger partial charge in [-0.25, -0.2) is 4.98 Å². The Balaban J connectivity index is 1.84. The van der Waals surface area contributed by atoms with Crippen molar-refractivity contribution in [1.29, 1.82) is 0 Å². The summed E-state index contributed by atoms with van der Waals surface area (Å²) in [6.07, 6.45) is 6.05. The van der Waals surface area contributed by atoms with E-state index in [1.807, 2.05) is 17.5 Å². The number of nitrogens with zero attached hydrogens (tertiary/aromatic N) is 4. The van der Waals surface area contributed by atoms with E-state index in [2.05, 4.69) is 22.0 Å². The Labute approximate surface area is 107 Å². The maximum atomic E-state index is 5.41. The van der Waals surface area contributed by atoms with Gasteiger partial charge in [-0.15, -0.1) is 0 Å². The van der Waals surface area contributed by atoms with Crippen molar-refractivity contribution >= 4 is 16.3 Å². The molecule has 0 unspecified atom stereocenters. The van der Waals surface area contributed by atoms with Gasteiger partial charge in [-0.1, -0.05) is 23.4 Å². The van der Waals surface area contributed by atoms with E-state index in [0.717, 1.165) is 34.2 Å². The summed E-state index contributed by atoms with van der Waals surface area (Å²) in [4.78, 5) is 10.8. The van der Waals surface area contributed by atoms with Crippen LogP contribution in [-0.2, 0) is 5.41 Å². The van der Waals surface area contributed by atoms with Gasteiger partial charge in [-0.3, -0.25) is 4.40 Å². The third kappa shape index (κ3) is 1.29. The second-order valence-corrected chi connectivity index (χ2v) is 6.06. The summed E-state index contributed by atoms with van der Waals surface area (Å²) in [6, 6.07) is 0. The Morgan fingerprint density at radius 2 is 2.28 bits per heavy atom. The van der Waals surface area contributed by atoms with E-state index in [1.165, 1.54) is 0 Å². The molecule has 18 heavy (non-hydrogen) atoms. The molecule has 1 aliphatic rings. The highest BCUT2D eigenvalue weighted by Crippen LogP contribution is 2.46. The molecule has 0 amide bonds. The summed E-state index contributed by atoms with van der Waals surface area (Å²) < 4.78 is 7.45. The van der Waals surface area contributed by atoms with Gasteiger partial charge in [0.25, 0.3) is 5.89 Å². The van der Waals surface area contributed by atoms with Crippen molar-refractivity contribution in [3.63, 3.8) is 0 Å². The van der Waals surface area contributed by atoms with Gasteiger partial charge in [0, 0.05) is 23.5 Å². The lowest BCUT2D eigenvalue weighted by atomic mass is 10.1. The Hall–Kier alpha value is -1.69. The van der Waals surface area contributed by atoms with Gasteiger partial charge in [-0.05, 0) is 19.8 Å².